The van der Waals surface area contributed by atoms with Crippen LogP contribution in [0.3, 0.4) is 0 Å². The minimum Gasteiger partial charge on any atom is -0.382 e. The quantitative estimate of drug-likeness (QED) is 0.0458. The van der Waals surface area contributed by atoms with E-state index in [0.717, 1.165) is 78.5 Å². The Labute approximate surface area is 610 Å². The summed E-state index contributed by atoms with van der Waals surface area (Å²) in [6.45, 7) is 15.5. The lowest BCUT2D eigenvalue weighted by Crippen LogP contribution is -2.17. The van der Waals surface area contributed by atoms with Gasteiger partial charge in [-0.15, -0.1) is 0 Å². The SMILES string of the molecule is C.C.CC(=O)Cc1cn(C)c(-c2ccc(Cn3c(=O)[nH]c4cnc(-c5ccccc5C(C)C)nc43)cc2)n1.CC(C)c1ccccc1-c1ncc2[nH]c(=O)n(Cc3ccc(-c4nc(N)cn4C)cc3)c2n1.CC(C)c1ccccc1-c1ncc2[nH]c(=O)n(Cc3ccc(-c4nc([N+](=O)[O-])cn4C)cc3)c2n1. The van der Waals surface area contributed by atoms with Gasteiger partial charge in [0.25, 0.3) is 5.82 Å². The van der Waals surface area contributed by atoms with Crippen molar-refractivity contribution in [3.8, 4) is 68.3 Å². The number of imidazole rings is 6. The number of hydrogen-bond donors (Lipinski definition) is 4. The molecule has 6 aromatic carbocycles. The Bertz CT molecular complexity index is 5880. The zero-order valence-electron chi connectivity index (χ0n) is 59.1. The van der Waals surface area contributed by atoms with Crippen LogP contribution in [0.1, 0.15) is 120 Å². The summed E-state index contributed by atoms with van der Waals surface area (Å²) in [5, 5.41) is 11.0. The molecule has 0 amide bonds. The maximum absolute atomic E-state index is 12.8. The number of nitrogens with zero attached hydrogens (tertiary/aromatic N) is 16. The van der Waals surface area contributed by atoms with E-state index < -0.39 is 4.92 Å². The van der Waals surface area contributed by atoms with Gasteiger partial charge in [-0.1, -0.05) is 190 Å². The molecule has 5 N–H and O–H groups in total. The van der Waals surface area contributed by atoms with Gasteiger partial charge in [-0.2, -0.15) is 0 Å². The van der Waals surface area contributed by atoms with Crippen molar-refractivity contribution in [1.82, 2.24) is 87.2 Å². The van der Waals surface area contributed by atoms with Gasteiger partial charge in [0, 0.05) is 73.3 Å². The molecule has 0 radical (unpaired) electrons. The van der Waals surface area contributed by atoms with E-state index in [1.165, 1.54) is 11.8 Å². The van der Waals surface area contributed by atoms with Crippen molar-refractivity contribution in [3.63, 3.8) is 0 Å². The van der Waals surface area contributed by atoms with Crippen LogP contribution in [0.15, 0.2) is 197 Å². The molecule has 0 aliphatic rings. The number of nitrogens with one attached hydrogen (secondary N) is 3. The molecule has 15 rings (SSSR count). The van der Waals surface area contributed by atoms with Crippen molar-refractivity contribution in [2.24, 2.45) is 21.1 Å². The molecule has 0 bridgehead atoms. The number of H-pyrrole nitrogens is 3. The third-order valence-corrected chi connectivity index (χ3v) is 18.0. The Morgan fingerprint density at radius 1 is 0.453 bits per heavy atom. The average Bonchev–Trinajstić information content (AvgIpc) is 1.55. The van der Waals surface area contributed by atoms with Gasteiger partial charge in [-0.3, -0.25) is 18.5 Å². The summed E-state index contributed by atoms with van der Waals surface area (Å²) in [6, 6.07) is 47.5. The zero-order valence-corrected chi connectivity index (χ0v) is 59.1. The third kappa shape index (κ3) is 15.6. The molecule has 26 heteroatoms. The van der Waals surface area contributed by atoms with E-state index in [9.17, 15) is 29.3 Å². The minimum atomic E-state index is -0.517. The monoisotopic (exact) mass is 1420 g/mol. The second kappa shape index (κ2) is 31.2. The van der Waals surface area contributed by atoms with Gasteiger partial charge in [0.2, 0.25) is 0 Å². The first-order valence-corrected chi connectivity index (χ1v) is 33.9. The van der Waals surface area contributed by atoms with Crippen LogP contribution in [-0.4, -0.2) is 97.9 Å². The fourth-order valence-corrected chi connectivity index (χ4v) is 12.8. The van der Waals surface area contributed by atoms with Crippen LogP contribution in [-0.2, 0) is 52.0 Å². The van der Waals surface area contributed by atoms with E-state index >= 15 is 0 Å². The number of Topliss-reactive ketones (excluding diaryl/α,β-unsaturated/α-hetero) is 1. The molecule has 26 nitrogen and oxygen atoms in total. The Morgan fingerprint density at radius 3 is 1.08 bits per heavy atom. The van der Waals surface area contributed by atoms with Crippen molar-refractivity contribution in [3.05, 3.63) is 263 Å². The predicted molar refractivity (Wildman–Crippen MR) is 415 cm³/mol. The molecule has 0 saturated carbocycles. The summed E-state index contributed by atoms with van der Waals surface area (Å²) in [7, 11) is 5.54. The number of benzene rings is 6. The van der Waals surface area contributed by atoms with Crippen molar-refractivity contribution in [2.75, 3.05) is 5.73 Å². The maximum atomic E-state index is 12.8. The van der Waals surface area contributed by atoms with Crippen LogP contribution in [0.5, 0.6) is 0 Å². The average molecular weight is 1420 g/mol. The van der Waals surface area contributed by atoms with E-state index in [1.54, 1.807) is 57.0 Å². The number of nitrogens with two attached hydrogens (primary N) is 1. The van der Waals surface area contributed by atoms with Crippen molar-refractivity contribution < 1.29 is 9.72 Å². The molecule has 540 valence electrons. The summed E-state index contributed by atoms with van der Waals surface area (Å²) in [4.78, 5) is 110. The van der Waals surface area contributed by atoms with Crippen molar-refractivity contribution in [1.29, 1.82) is 0 Å². The molecule has 0 unspecified atom stereocenters. The predicted octanol–water partition coefficient (Wildman–Crippen LogP) is 14.0. The Balaban J connectivity index is 0.000000157. The summed E-state index contributed by atoms with van der Waals surface area (Å²) in [5.41, 5.74) is 21.2. The highest BCUT2D eigenvalue weighted by atomic mass is 16.6. The van der Waals surface area contributed by atoms with Crippen molar-refractivity contribution in [2.45, 2.75) is 107 Å². The van der Waals surface area contributed by atoms with E-state index in [-0.39, 0.29) is 43.5 Å². The highest BCUT2D eigenvalue weighted by molar-refractivity contribution is 5.79. The van der Waals surface area contributed by atoms with Crippen LogP contribution in [0, 0.1) is 10.1 Å². The van der Waals surface area contributed by atoms with Gasteiger partial charge in [-0.25, -0.2) is 54.3 Å². The van der Waals surface area contributed by atoms with E-state index in [1.807, 2.05) is 157 Å². The summed E-state index contributed by atoms with van der Waals surface area (Å²) in [6.07, 6.45) is 10.4. The maximum Gasteiger partial charge on any atom is 0.382 e. The number of rotatable bonds is 18. The molecule has 0 fully saturated rings. The zero-order chi connectivity index (χ0) is 73.2. The minimum absolute atomic E-state index is 0. The highest BCUT2D eigenvalue weighted by Gasteiger charge is 2.22. The van der Waals surface area contributed by atoms with Gasteiger partial charge in [0.05, 0.1) is 43.9 Å². The smallest absolute Gasteiger partial charge is 0.382 e. The number of aromatic amines is 3. The lowest BCUT2D eigenvalue weighted by Gasteiger charge is -2.11. The molecule has 0 aliphatic carbocycles. The Hall–Kier alpha value is -13.1. The normalized spacial score (nSPS) is 11.3. The first-order chi connectivity index (χ1) is 50.0. The van der Waals surface area contributed by atoms with Gasteiger partial charge in [0.15, 0.2) is 34.4 Å². The first kappa shape index (κ1) is 74.1. The molecule has 15 aromatic rings. The van der Waals surface area contributed by atoms with E-state index in [2.05, 4.69) is 105 Å². The standard InChI is InChI=1S/C28H28N6O2.C25H23N7O3.C25H25N7O.2CH4/c1-17(2)22-7-5-6-8-23(22)25-29-14-24-27(32-25)34(28(36)31-24)15-19-9-11-20(12-10-19)26-30-21(13-18(3)35)16-33(26)4;1-15(2)18-6-4-5-7-19(18)22-26-12-20-24(29-22)31(25(33)27-20)13-16-8-10-17(11-9-16)23-28-21(32(34)35)14-30(23)3;1-15(2)18-6-4-5-7-19(18)22-27-12-20-24(30-22)32(25(33)28-20)13-16-8-10-17(11-9-16)23-29-21(26)14-31(23)3;;/h5-12,14,16-17H,13,15H2,1-4H3,(H,31,36);4-12,14-15H,13H2,1-3H3,(H,27,33);4-12,14-15H,13,26H2,1-3H3,(H,28,33);2*1H4. The van der Waals surface area contributed by atoms with Crippen LogP contribution < -0.4 is 22.8 Å². The van der Waals surface area contributed by atoms with Crippen LogP contribution in [0.4, 0.5) is 11.6 Å². The number of carbonyl (C=O) groups excluding carboxylic acids is 1. The third-order valence-electron chi connectivity index (χ3n) is 18.0. The molecule has 0 saturated heterocycles. The van der Waals surface area contributed by atoms with Gasteiger partial charge in [-0.05, 0) is 80.1 Å². The largest absolute Gasteiger partial charge is 0.382 e. The number of aryl methyl sites for hydroxylation is 3. The lowest BCUT2D eigenvalue weighted by molar-refractivity contribution is -0.389. The lowest BCUT2D eigenvalue weighted by atomic mass is 9.97. The molecule has 0 aliphatic heterocycles. The molecule has 0 atom stereocenters. The highest BCUT2D eigenvalue weighted by Crippen LogP contribution is 2.32. The Morgan fingerprint density at radius 2 is 0.774 bits per heavy atom. The molecular formula is C80H84N20O6. The summed E-state index contributed by atoms with van der Waals surface area (Å²) >= 11 is 0. The molecule has 9 heterocycles. The first-order valence-electron chi connectivity index (χ1n) is 33.9. The fourth-order valence-electron chi connectivity index (χ4n) is 12.8. The number of hydrogen-bond acceptors (Lipinski definition) is 16. The number of ketones is 1. The van der Waals surface area contributed by atoms with Crippen LogP contribution in [0.2, 0.25) is 0 Å². The second-order valence-corrected chi connectivity index (χ2v) is 26.6. The number of nitrogen functional groups attached to an aromatic ring is 1. The number of nitro groups is 1. The number of aromatic nitrogens is 18. The Kier molecular flexibility index (Phi) is 21.8. The molecule has 106 heavy (non-hydrogen) atoms. The van der Waals surface area contributed by atoms with E-state index in [0.29, 0.717) is 106 Å². The van der Waals surface area contributed by atoms with E-state index in [4.69, 9.17) is 20.7 Å². The van der Waals surface area contributed by atoms with Crippen molar-refractivity contribution >= 4 is 50.9 Å². The molecular weight excluding hydrogens is 1340 g/mol. The fraction of sp³-hybridized carbons (Fsp3) is 0.237. The summed E-state index contributed by atoms with van der Waals surface area (Å²) in [5.74, 6) is 5.20. The number of anilines is 1. The van der Waals surface area contributed by atoms with Crippen LogP contribution >= 0.6 is 0 Å². The second-order valence-electron chi connectivity index (χ2n) is 26.6. The molecule has 9 aromatic heterocycles. The van der Waals surface area contributed by atoms with Gasteiger partial charge >= 0.3 is 22.9 Å². The van der Waals surface area contributed by atoms with Crippen LogP contribution in [0.25, 0.3) is 102 Å². The number of fused-ring (bicyclic) bond motifs is 3. The summed E-state index contributed by atoms with van der Waals surface area (Å²) < 4.78 is 10.3. The molecule has 0 spiro atoms. The topological polar surface area (TPSA) is 330 Å². The number of carbonyl (C=O) groups is 1. The van der Waals surface area contributed by atoms with Gasteiger partial charge < -0.3 is 44.5 Å². The van der Waals surface area contributed by atoms with Gasteiger partial charge in [0.1, 0.15) is 46.0 Å².